The largest absolute Gasteiger partial charge is 0.493 e. The fraction of sp³-hybridized carbons (Fsp3) is 0.638. The molecule has 0 saturated carbocycles. The van der Waals surface area contributed by atoms with Crippen LogP contribution in [0, 0.1) is 0 Å². The molecule has 0 bridgehead atoms. The molecule has 2 aromatic carbocycles. The molecule has 0 radical (unpaired) electrons. The van der Waals surface area contributed by atoms with Crippen LogP contribution in [0.25, 0.3) is 0 Å². The first-order valence-corrected chi connectivity index (χ1v) is 34.3. The van der Waals surface area contributed by atoms with Gasteiger partial charge in [0, 0.05) is 43.7 Å². The van der Waals surface area contributed by atoms with Crippen molar-refractivity contribution in [3.63, 3.8) is 0 Å². The molecule has 0 aromatic heterocycles. The van der Waals surface area contributed by atoms with Gasteiger partial charge < -0.3 is 51.7 Å². The van der Waals surface area contributed by atoms with E-state index in [0.717, 1.165) is 25.7 Å². The highest BCUT2D eigenvalue weighted by molar-refractivity contribution is 8.77. The molecule has 0 fully saturated rings. The first-order valence-electron chi connectivity index (χ1n) is 29.3. The van der Waals surface area contributed by atoms with Crippen LogP contribution >= 0.6 is 43.2 Å². The Hall–Kier alpha value is -5.53. The van der Waals surface area contributed by atoms with E-state index in [1.807, 2.05) is 36.4 Å². The molecule has 0 aliphatic heterocycles. The molecule has 1 atom stereocenters. The summed E-state index contributed by atoms with van der Waals surface area (Å²) in [5.74, 6) is 0.0577. The predicted molar refractivity (Wildman–Crippen MR) is 343 cm³/mol. The number of para-hydroxylation sites is 2. The molecule has 21 nitrogen and oxygen atoms in total. The second kappa shape index (κ2) is 49.9. The third-order valence-corrected chi connectivity index (χ3v) is 16.7. The van der Waals surface area contributed by atoms with Crippen molar-refractivity contribution in [1.29, 1.82) is 0 Å². The van der Waals surface area contributed by atoms with E-state index < -0.39 is 11.9 Å². The summed E-state index contributed by atoms with van der Waals surface area (Å²) in [6.07, 6.45) is 27.6. The lowest BCUT2D eigenvalue weighted by Crippen LogP contribution is -2.41. The number of unbranched alkanes of at least 4 members (excludes halogenated alkanes) is 18. The second-order valence-electron chi connectivity index (χ2n) is 19.4. The summed E-state index contributed by atoms with van der Waals surface area (Å²) in [4.78, 5) is 79.1. The van der Waals surface area contributed by atoms with Crippen LogP contribution in [0.5, 0.6) is 23.0 Å². The molecule has 0 aliphatic carbocycles. The molecule has 2 aromatic rings. The van der Waals surface area contributed by atoms with E-state index in [2.05, 4.69) is 61.2 Å². The number of ether oxygens (including phenoxy) is 4. The number of guanidine groups is 1. The van der Waals surface area contributed by atoms with Crippen molar-refractivity contribution < 1.29 is 47.7 Å². The van der Waals surface area contributed by atoms with E-state index in [4.69, 9.17) is 30.4 Å². The van der Waals surface area contributed by atoms with Gasteiger partial charge in [0.25, 0.3) is 11.8 Å². The van der Waals surface area contributed by atoms with Crippen LogP contribution in [0.2, 0.25) is 0 Å². The van der Waals surface area contributed by atoms with E-state index in [9.17, 15) is 28.8 Å². The molecule has 0 spiro atoms. The van der Waals surface area contributed by atoms with Crippen molar-refractivity contribution in [2.75, 3.05) is 76.6 Å². The Morgan fingerprint density at radius 1 is 0.494 bits per heavy atom. The third-order valence-electron chi connectivity index (χ3n) is 12.4. The van der Waals surface area contributed by atoms with Gasteiger partial charge in [0.15, 0.2) is 29.0 Å². The van der Waals surface area contributed by atoms with Gasteiger partial charge in [-0.15, -0.1) is 0 Å². The topological polar surface area (TPSA) is 301 Å². The molecule has 10 N–H and O–H groups in total. The van der Waals surface area contributed by atoms with Crippen molar-refractivity contribution >= 4 is 97.0 Å². The fourth-order valence-electron chi connectivity index (χ4n) is 8.02. The van der Waals surface area contributed by atoms with Crippen LogP contribution < -0.4 is 62.5 Å². The third kappa shape index (κ3) is 38.1. The van der Waals surface area contributed by atoms with Crippen LogP contribution in [0.4, 0.5) is 0 Å². The van der Waals surface area contributed by atoms with E-state index in [-0.39, 0.29) is 97.5 Å². The van der Waals surface area contributed by atoms with E-state index >= 15 is 0 Å². The maximum absolute atomic E-state index is 12.9. The number of aliphatic imine (C=N–C) groups is 1. The van der Waals surface area contributed by atoms with Crippen molar-refractivity contribution in [2.45, 2.75) is 161 Å². The summed E-state index contributed by atoms with van der Waals surface area (Å²) in [7, 11) is 7.95. The maximum atomic E-state index is 12.9. The first kappa shape index (κ1) is 73.6. The minimum Gasteiger partial charge on any atom is -0.493 e. The lowest BCUT2D eigenvalue weighted by atomic mass is 10.1. The van der Waals surface area contributed by atoms with Gasteiger partial charge in [0.05, 0.1) is 62.9 Å². The van der Waals surface area contributed by atoms with Gasteiger partial charge in [-0.25, -0.2) is 15.8 Å². The van der Waals surface area contributed by atoms with Gasteiger partial charge in [-0.1, -0.05) is 185 Å². The number of hydrazone groups is 2. The van der Waals surface area contributed by atoms with Crippen molar-refractivity contribution in [3.05, 3.63) is 47.5 Å². The summed E-state index contributed by atoms with van der Waals surface area (Å²) in [5.41, 5.74) is 17.5. The van der Waals surface area contributed by atoms with Crippen LogP contribution in [0.15, 0.2) is 51.6 Å². The Balaban J connectivity index is 1.57. The number of nitrogens with one attached hydrogen (secondary N) is 6. The summed E-state index contributed by atoms with van der Waals surface area (Å²) in [5, 5.41) is 19.0. The number of carbonyl (C=O) groups excluding carboxylic acids is 6. The highest BCUT2D eigenvalue weighted by Gasteiger charge is 2.20. The van der Waals surface area contributed by atoms with E-state index in [1.54, 1.807) is 14.2 Å². The number of nitrogens with zero attached hydrogens (tertiary/aromatic N) is 3. The van der Waals surface area contributed by atoms with Gasteiger partial charge in [0.2, 0.25) is 23.6 Å². The number of methoxy groups -OCH3 is 2. The summed E-state index contributed by atoms with van der Waals surface area (Å²) < 4.78 is 23.2. The van der Waals surface area contributed by atoms with Crippen LogP contribution in [0.1, 0.15) is 166 Å². The average Bonchev–Trinajstić information content (AvgIpc) is 3.55. The molecule has 25 heteroatoms. The van der Waals surface area contributed by atoms with Crippen LogP contribution in [-0.2, 0) is 28.8 Å². The number of nitrogens with two attached hydrogens (primary N) is 2. The Labute approximate surface area is 509 Å². The zero-order valence-electron chi connectivity index (χ0n) is 49.5. The maximum Gasteiger partial charge on any atom is 0.250 e. The molecule has 0 aliphatic rings. The molecular formula is C58H95N11O10S4. The molecular weight excluding hydrogens is 1140 g/mol. The SMILES string of the molecule is CCCCCCCCCCCCOc1c(/C=N\NC(=O)CSSCC(=O)NCCNC(=O)CC[C@H](N=C(N)N)C(=O)NCCNC(=O)CSSCC(=O)N/N=C\c2cccc(OC)c2OCCCCCCCCCCCC)cccc1OC. The first-order chi connectivity index (χ1) is 40.4. The Morgan fingerprint density at radius 3 is 1.24 bits per heavy atom. The zero-order valence-corrected chi connectivity index (χ0v) is 52.8. The average molecular weight is 1230 g/mol. The molecule has 0 heterocycles. The van der Waals surface area contributed by atoms with Crippen LogP contribution in [0.3, 0.4) is 0 Å². The molecule has 6 amide bonds. The Bertz CT molecular complexity index is 2240. The second-order valence-corrected chi connectivity index (χ2v) is 24.3. The van der Waals surface area contributed by atoms with Gasteiger partial charge in [-0.3, -0.25) is 28.8 Å². The fourth-order valence-corrected chi connectivity index (χ4v) is 11.4. The number of hydrogen-bond acceptors (Lipinski definition) is 17. The summed E-state index contributed by atoms with van der Waals surface area (Å²) in [6.45, 7) is 6.06. The lowest BCUT2D eigenvalue weighted by Gasteiger charge is -2.14. The minimum atomic E-state index is -1.05. The number of rotatable bonds is 51. The molecule has 83 heavy (non-hydrogen) atoms. The monoisotopic (exact) mass is 1230 g/mol. The van der Waals surface area contributed by atoms with Crippen LogP contribution in [-0.4, -0.2) is 136 Å². The molecule has 466 valence electrons. The number of amides is 6. The van der Waals surface area contributed by atoms with Crippen molar-refractivity contribution in [3.8, 4) is 23.0 Å². The number of hydrogen-bond donors (Lipinski definition) is 8. The van der Waals surface area contributed by atoms with Crippen molar-refractivity contribution in [2.24, 2.45) is 26.7 Å². The summed E-state index contributed by atoms with van der Waals surface area (Å²) in [6, 6.07) is 9.91. The molecule has 0 saturated heterocycles. The van der Waals surface area contributed by atoms with E-state index in [1.165, 1.54) is 158 Å². The van der Waals surface area contributed by atoms with E-state index in [0.29, 0.717) is 47.3 Å². The lowest BCUT2D eigenvalue weighted by molar-refractivity contribution is -0.124. The highest BCUT2D eigenvalue weighted by atomic mass is 33.1. The smallest absolute Gasteiger partial charge is 0.250 e. The van der Waals surface area contributed by atoms with Gasteiger partial charge in [-0.2, -0.15) is 10.2 Å². The zero-order chi connectivity index (χ0) is 60.4. The Morgan fingerprint density at radius 2 is 0.855 bits per heavy atom. The number of benzene rings is 2. The minimum absolute atomic E-state index is 0.000346. The standard InChI is InChI=1S/C58H95N11O10S4/c1-5-7-9-11-13-15-17-19-21-23-37-78-55-45(27-25-29-48(55)76-3)39-65-68-53(73)43-82-80-41-51(71)62-34-33-61-50(70)32-31-47(67-58(59)60)57(75)64-36-35-63-52(72)42-81-83-44-54(74)69-66-40-46-28-26-30-49(77-4)56(46)79-38-24-22-20-18-16-14-12-10-8-6-2/h25-30,39-40,47H,5-24,31-38,41-44H2,1-4H3,(H,61,70)(H,62,71)(H,63,72)(H,64,75)(H,68,73)(H,69,74)(H4,59,60,67)/b65-39-,66-40-/t47-/m0/s1. The quantitative estimate of drug-likeness (QED) is 0.0101. The van der Waals surface area contributed by atoms with Gasteiger partial charge >= 0.3 is 0 Å². The van der Waals surface area contributed by atoms with Gasteiger partial charge in [0.1, 0.15) is 6.04 Å². The predicted octanol–water partition coefficient (Wildman–Crippen LogP) is 8.55. The van der Waals surface area contributed by atoms with Gasteiger partial charge in [-0.05, 0) is 43.5 Å². The number of carbonyl (C=O) groups is 6. The normalized spacial score (nSPS) is 11.4. The molecule has 0 unspecified atom stereocenters. The highest BCUT2D eigenvalue weighted by Crippen LogP contribution is 2.32. The van der Waals surface area contributed by atoms with Crippen molar-refractivity contribution in [1.82, 2.24) is 32.1 Å². The summed E-state index contributed by atoms with van der Waals surface area (Å²) >= 11 is 0. The Kier molecular flexibility index (Phi) is 44.2. The molecule has 2 rings (SSSR count).